The summed E-state index contributed by atoms with van der Waals surface area (Å²) in [5.74, 6) is 2.99. The Labute approximate surface area is 87.5 Å². The van der Waals surface area contributed by atoms with Crippen molar-refractivity contribution >= 4 is 22.6 Å². The monoisotopic (exact) mass is 218 g/mol. The molecule has 0 N–H and O–H groups in total. The molecule has 0 unspecified atom stereocenters. The van der Waals surface area contributed by atoms with Gasteiger partial charge in [0.2, 0.25) is 0 Å². The summed E-state index contributed by atoms with van der Waals surface area (Å²) in [6, 6.07) is 0. The van der Waals surface area contributed by atoms with Crippen molar-refractivity contribution in [1.82, 2.24) is 0 Å². The maximum atomic E-state index is 11.8. The van der Waals surface area contributed by atoms with Gasteiger partial charge in [-0.15, -0.1) is 11.8 Å². The largest absolute Gasteiger partial charge is 0.258 e. The van der Waals surface area contributed by atoms with Gasteiger partial charge in [-0.05, 0) is 30.9 Å². The first kappa shape index (κ1) is 10.0. The number of rotatable bonds is 1. The molecule has 13 heavy (non-hydrogen) atoms. The number of hydrogen-bond donors (Lipinski definition) is 0. The molecule has 1 saturated heterocycles. The zero-order valence-corrected chi connectivity index (χ0v) is 9.67. The van der Waals surface area contributed by atoms with Crippen LogP contribution in [0.1, 0.15) is 38.5 Å². The Balaban J connectivity index is 1.92. The van der Waals surface area contributed by atoms with Crippen molar-refractivity contribution in [3.8, 4) is 0 Å². The summed E-state index contributed by atoms with van der Waals surface area (Å²) in [6.07, 6.45) is 7.99. The van der Waals surface area contributed by atoms with Gasteiger partial charge in [0.05, 0.1) is 4.58 Å². The van der Waals surface area contributed by atoms with Gasteiger partial charge in [0, 0.05) is 16.6 Å². The van der Waals surface area contributed by atoms with Crippen molar-refractivity contribution < 1.29 is 4.21 Å². The standard InChI is InChI=1S/C10H18OS2/c11-13-8-4-7-12-10(13)9-5-2-1-3-6-9/h9-10H,1-8H2/t10-,13-/m0/s1. The first-order valence-electron chi connectivity index (χ1n) is 5.37. The van der Waals surface area contributed by atoms with Crippen molar-refractivity contribution in [2.45, 2.75) is 43.1 Å². The highest BCUT2D eigenvalue weighted by Crippen LogP contribution is 2.36. The molecule has 2 atom stereocenters. The Morgan fingerprint density at radius 3 is 2.54 bits per heavy atom. The zero-order valence-electron chi connectivity index (χ0n) is 8.04. The third-order valence-electron chi connectivity index (χ3n) is 3.07. The van der Waals surface area contributed by atoms with E-state index in [-0.39, 0.29) is 0 Å². The van der Waals surface area contributed by atoms with Gasteiger partial charge in [-0.2, -0.15) is 0 Å². The van der Waals surface area contributed by atoms with E-state index in [9.17, 15) is 4.21 Å². The zero-order chi connectivity index (χ0) is 9.10. The maximum absolute atomic E-state index is 11.8. The van der Waals surface area contributed by atoms with Crippen molar-refractivity contribution in [3.63, 3.8) is 0 Å². The van der Waals surface area contributed by atoms with E-state index >= 15 is 0 Å². The van der Waals surface area contributed by atoms with Crippen molar-refractivity contribution in [1.29, 1.82) is 0 Å². The first-order chi connectivity index (χ1) is 6.38. The lowest BCUT2D eigenvalue weighted by Crippen LogP contribution is -2.29. The highest BCUT2D eigenvalue weighted by molar-refractivity contribution is 8.11. The predicted octanol–water partition coefficient (Wildman–Crippen LogP) is 2.78. The Kier molecular flexibility index (Phi) is 3.73. The van der Waals surface area contributed by atoms with Gasteiger partial charge in [0.25, 0.3) is 0 Å². The molecule has 0 aromatic heterocycles. The highest BCUT2D eigenvalue weighted by atomic mass is 32.2. The molecule has 0 bridgehead atoms. The van der Waals surface area contributed by atoms with Gasteiger partial charge >= 0.3 is 0 Å². The van der Waals surface area contributed by atoms with E-state index in [1.54, 1.807) is 0 Å². The van der Waals surface area contributed by atoms with Crippen LogP contribution >= 0.6 is 11.8 Å². The van der Waals surface area contributed by atoms with Gasteiger partial charge in [-0.1, -0.05) is 19.3 Å². The molecule has 3 heteroatoms. The summed E-state index contributed by atoms with van der Waals surface area (Å²) in [6.45, 7) is 0. The molecule has 1 saturated carbocycles. The van der Waals surface area contributed by atoms with Gasteiger partial charge < -0.3 is 0 Å². The molecule has 1 nitrogen and oxygen atoms in total. The molecule has 1 aliphatic heterocycles. The molecular formula is C10H18OS2. The molecule has 2 fully saturated rings. The van der Waals surface area contributed by atoms with Crippen LogP contribution in [0.15, 0.2) is 0 Å². The first-order valence-corrected chi connectivity index (χ1v) is 7.80. The average molecular weight is 218 g/mol. The molecule has 2 rings (SSSR count). The summed E-state index contributed by atoms with van der Waals surface area (Å²) < 4.78 is 12.3. The minimum atomic E-state index is -0.513. The molecule has 0 amide bonds. The van der Waals surface area contributed by atoms with Crippen LogP contribution in [0.25, 0.3) is 0 Å². The lowest BCUT2D eigenvalue weighted by atomic mass is 9.91. The maximum Gasteiger partial charge on any atom is 0.0829 e. The molecule has 1 aliphatic carbocycles. The molecule has 0 spiro atoms. The van der Waals surface area contributed by atoms with Gasteiger partial charge in [-0.3, -0.25) is 4.21 Å². The third kappa shape index (κ3) is 2.50. The van der Waals surface area contributed by atoms with E-state index in [4.69, 9.17) is 0 Å². The summed E-state index contributed by atoms with van der Waals surface area (Å²) in [5, 5.41) is 0. The molecule has 1 heterocycles. The van der Waals surface area contributed by atoms with E-state index in [1.165, 1.54) is 44.3 Å². The molecule has 76 valence electrons. The van der Waals surface area contributed by atoms with E-state index < -0.39 is 10.8 Å². The second-order valence-electron chi connectivity index (χ2n) is 4.08. The summed E-state index contributed by atoms with van der Waals surface area (Å²) >= 11 is 1.98. The second kappa shape index (κ2) is 4.83. The molecule has 2 aliphatic rings. The van der Waals surface area contributed by atoms with Crippen LogP contribution in [0.5, 0.6) is 0 Å². The predicted molar refractivity (Wildman–Crippen MR) is 60.4 cm³/mol. The van der Waals surface area contributed by atoms with Crippen molar-refractivity contribution in [3.05, 3.63) is 0 Å². The van der Waals surface area contributed by atoms with Gasteiger partial charge in [0.15, 0.2) is 0 Å². The highest BCUT2D eigenvalue weighted by Gasteiger charge is 2.30. The van der Waals surface area contributed by atoms with E-state index in [0.717, 1.165) is 11.7 Å². The molecule has 0 aromatic carbocycles. The summed E-state index contributed by atoms with van der Waals surface area (Å²) in [4.78, 5) is 0. The normalized spacial score (nSPS) is 37.5. The van der Waals surface area contributed by atoms with E-state index in [2.05, 4.69) is 0 Å². The van der Waals surface area contributed by atoms with Crippen LogP contribution in [0.2, 0.25) is 0 Å². The Hall–Kier alpha value is 0.500. The van der Waals surface area contributed by atoms with E-state index in [0.29, 0.717) is 4.58 Å². The van der Waals surface area contributed by atoms with Crippen LogP contribution in [0.3, 0.4) is 0 Å². The summed E-state index contributed by atoms with van der Waals surface area (Å²) in [7, 11) is -0.513. The third-order valence-corrected chi connectivity index (χ3v) is 6.95. The Morgan fingerprint density at radius 2 is 1.85 bits per heavy atom. The molecule has 0 radical (unpaired) electrons. The Bertz CT molecular complexity index is 187. The topological polar surface area (TPSA) is 17.1 Å². The lowest BCUT2D eigenvalue weighted by molar-refractivity contribution is 0.377. The lowest BCUT2D eigenvalue weighted by Gasteiger charge is -2.31. The van der Waals surface area contributed by atoms with Crippen LogP contribution in [-0.4, -0.2) is 20.3 Å². The number of thioether (sulfide) groups is 1. The van der Waals surface area contributed by atoms with Crippen LogP contribution in [-0.2, 0) is 10.8 Å². The fraction of sp³-hybridized carbons (Fsp3) is 1.00. The van der Waals surface area contributed by atoms with Crippen LogP contribution < -0.4 is 0 Å². The second-order valence-corrected chi connectivity index (χ2v) is 7.30. The Morgan fingerprint density at radius 1 is 1.08 bits per heavy atom. The SMILES string of the molecule is O=[S@]1CCCS[C@@H]1C1CCCCC1. The minimum absolute atomic E-state index is 0.494. The molecule has 0 aromatic rings. The van der Waals surface area contributed by atoms with Gasteiger partial charge in [0.1, 0.15) is 0 Å². The van der Waals surface area contributed by atoms with E-state index in [1.807, 2.05) is 11.8 Å². The smallest absolute Gasteiger partial charge is 0.0829 e. The quantitative estimate of drug-likeness (QED) is 0.673. The van der Waals surface area contributed by atoms with Crippen molar-refractivity contribution in [2.24, 2.45) is 5.92 Å². The fourth-order valence-electron chi connectivity index (χ4n) is 2.35. The van der Waals surface area contributed by atoms with Crippen molar-refractivity contribution in [2.75, 3.05) is 11.5 Å². The summed E-state index contributed by atoms with van der Waals surface area (Å²) in [5.41, 5.74) is 0. The minimum Gasteiger partial charge on any atom is -0.258 e. The van der Waals surface area contributed by atoms with Crippen LogP contribution in [0.4, 0.5) is 0 Å². The molecular weight excluding hydrogens is 200 g/mol. The average Bonchev–Trinajstić information content (AvgIpc) is 2.20. The van der Waals surface area contributed by atoms with Gasteiger partial charge in [-0.25, -0.2) is 0 Å². The van der Waals surface area contributed by atoms with Crippen LogP contribution in [0, 0.1) is 5.92 Å². The fourth-order valence-corrected chi connectivity index (χ4v) is 6.17. The number of hydrogen-bond acceptors (Lipinski definition) is 2.